The molecule has 2 amide bonds. The SMILES string of the molecule is CCOc1ccc(NC(=O)c2ccc(N3C[C@H]4C[C@@H](C3)c3cccc(=O)n3C4)c(NC(=O)c3c(F)cccc3F)c2)cc1. The fraction of sp³-hybridized carbons (Fsp3) is 0.242. The van der Waals surface area contributed by atoms with E-state index in [1.165, 1.54) is 12.1 Å². The minimum atomic E-state index is -0.988. The average Bonchev–Trinajstić information content (AvgIpc) is 2.98. The fourth-order valence-electron chi connectivity index (χ4n) is 6.05. The van der Waals surface area contributed by atoms with E-state index >= 15 is 0 Å². The van der Waals surface area contributed by atoms with Crippen molar-refractivity contribution in [2.45, 2.75) is 25.8 Å². The number of anilines is 3. The summed E-state index contributed by atoms with van der Waals surface area (Å²) in [5.41, 5.74) is 1.88. The lowest BCUT2D eigenvalue weighted by Crippen LogP contribution is -2.47. The monoisotopic (exact) mass is 584 g/mol. The Labute approximate surface area is 246 Å². The highest BCUT2D eigenvalue weighted by Gasteiger charge is 2.35. The van der Waals surface area contributed by atoms with Gasteiger partial charge in [-0.15, -0.1) is 0 Å². The van der Waals surface area contributed by atoms with Crippen molar-refractivity contribution in [1.82, 2.24) is 4.57 Å². The molecule has 4 aromatic rings. The van der Waals surface area contributed by atoms with Crippen LogP contribution in [-0.4, -0.2) is 36.1 Å². The van der Waals surface area contributed by atoms with Crippen LogP contribution >= 0.6 is 0 Å². The molecule has 0 unspecified atom stereocenters. The summed E-state index contributed by atoms with van der Waals surface area (Å²) in [6, 6.07) is 20.3. The maximum absolute atomic E-state index is 14.5. The van der Waals surface area contributed by atoms with E-state index in [9.17, 15) is 23.2 Å². The summed E-state index contributed by atoms with van der Waals surface area (Å²) in [6.45, 7) is 4.15. The summed E-state index contributed by atoms with van der Waals surface area (Å²) in [6.07, 6.45) is 0.921. The Hall–Kier alpha value is -4.99. The Balaban J connectivity index is 1.32. The van der Waals surface area contributed by atoms with Crippen molar-refractivity contribution in [2.75, 3.05) is 35.2 Å². The van der Waals surface area contributed by atoms with Crippen LogP contribution in [0.5, 0.6) is 5.75 Å². The van der Waals surface area contributed by atoms with E-state index in [4.69, 9.17) is 4.74 Å². The number of carbonyl (C=O) groups is 2. The fourth-order valence-corrected chi connectivity index (χ4v) is 6.05. The van der Waals surface area contributed by atoms with Crippen LogP contribution in [0.15, 0.2) is 83.7 Å². The molecule has 3 heterocycles. The number of hydrogen-bond donors (Lipinski definition) is 2. The standard InChI is InChI=1S/C33H30F2N4O4/c1-2-43-24-12-10-23(11-13-24)36-32(41)21-9-14-29(27(16-21)37-33(42)31-25(34)5-3-6-26(31)35)38-17-20-15-22(19-38)28-7-4-8-30(40)39(28)18-20/h3-14,16,20,22H,2,15,17-19H2,1H3,(H,36,41)(H,37,42)/t20-,22+/m1/s1. The van der Waals surface area contributed by atoms with Gasteiger partial charge in [0.1, 0.15) is 22.9 Å². The molecule has 1 saturated heterocycles. The maximum atomic E-state index is 14.5. The van der Waals surface area contributed by atoms with Gasteiger partial charge in [0.2, 0.25) is 0 Å². The van der Waals surface area contributed by atoms with Gasteiger partial charge >= 0.3 is 0 Å². The number of halogens is 2. The lowest BCUT2D eigenvalue weighted by molar-refractivity contribution is 0.101. The van der Waals surface area contributed by atoms with Crippen molar-refractivity contribution >= 4 is 28.9 Å². The number of benzene rings is 3. The minimum Gasteiger partial charge on any atom is -0.494 e. The lowest BCUT2D eigenvalue weighted by Gasteiger charge is -2.44. The van der Waals surface area contributed by atoms with E-state index in [0.717, 1.165) is 24.2 Å². The summed E-state index contributed by atoms with van der Waals surface area (Å²) in [5.74, 6) is -2.43. The van der Waals surface area contributed by atoms with E-state index in [1.54, 1.807) is 48.5 Å². The third kappa shape index (κ3) is 5.73. The van der Waals surface area contributed by atoms with E-state index in [0.29, 0.717) is 43.4 Å². The van der Waals surface area contributed by atoms with Crippen molar-refractivity contribution < 1.29 is 23.1 Å². The normalized spacial score (nSPS) is 17.1. The zero-order valence-electron chi connectivity index (χ0n) is 23.5. The topological polar surface area (TPSA) is 92.7 Å². The van der Waals surface area contributed by atoms with Gasteiger partial charge < -0.3 is 24.8 Å². The zero-order valence-corrected chi connectivity index (χ0v) is 23.5. The summed E-state index contributed by atoms with van der Waals surface area (Å²) in [7, 11) is 0. The number of aromatic nitrogens is 1. The molecule has 6 rings (SSSR count). The minimum absolute atomic E-state index is 0.0246. The van der Waals surface area contributed by atoms with Gasteiger partial charge in [-0.05, 0) is 79.9 Å². The number of piperidine rings is 1. The number of ether oxygens (including phenoxy) is 1. The number of pyridine rings is 1. The molecule has 2 aliphatic rings. The quantitative estimate of drug-likeness (QED) is 0.293. The molecule has 220 valence electrons. The molecule has 8 nitrogen and oxygen atoms in total. The molecule has 3 aromatic carbocycles. The Morgan fingerprint density at radius 2 is 1.63 bits per heavy atom. The van der Waals surface area contributed by atoms with Crippen molar-refractivity contribution in [3.05, 3.63) is 118 Å². The zero-order chi connectivity index (χ0) is 30.1. The highest BCUT2D eigenvalue weighted by Crippen LogP contribution is 2.39. The molecular formula is C33H30F2N4O4. The van der Waals surface area contributed by atoms with Crippen molar-refractivity contribution in [3.8, 4) is 5.75 Å². The van der Waals surface area contributed by atoms with Crippen LogP contribution in [0.4, 0.5) is 25.8 Å². The molecule has 0 aliphatic carbocycles. The summed E-state index contributed by atoms with van der Waals surface area (Å²) < 4.78 is 36.3. The maximum Gasteiger partial charge on any atom is 0.261 e. The van der Waals surface area contributed by atoms with E-state index in [1.807, 2.05) is 17.6 Å². The molecule has 2 N–H and O–H groups in total. The number of carbonyl (C=O) groups excluding carboxylic acids is 2. The Kier molecular flexibility index (Phi) is 7.67. The van der Waals surface area contributed by atoms with Crippen molar-refractivity contribution in [3.63, 3.8) is 0 Å². The molecule has 2 atom stereocenters. The molecule has 2 aliphatic heterocycles. The van der Waals surface area contributed by atoms with Crippen LogP contribution in [0.3, 0.4) is 0 Å². The van der Waals surface area contributed by atoms with Gasteiger partial charge in [-0.1, -0.05) is 12.1 Å². The second-order valence-electron chi connectivity index (χ2n) is 10.8. The highest BCUT2D eigenvalue weighted by atomic mass is 19.1. The Morgan fingerprint density at radius 1 is 0.884 bits per heavy atom. The second kappa shape index (κ2) is 11.7. The predicted molar refractivity (Wildman–Crippen MR) is 160 cm³/mol. The first-order valence-corrected chi connectivity index (χ1v) is 14.2. The van der Waals surface area contributed by atoms with Gasteiger partial charge in [0, 0.05) is 48.6 Å². The van der Waals surface area contributed by atoms with E-state index in [-0.39, 0.29) is 28.6 Å². The Bertz CT molecular complexity index is 1730. The Morgan fingerprint density at radius 3 is 2.37 bits per heavy atom. The summed E-state index contributed by atoms with van der Waals surface area (Å²) >= 11 is 0. The third-order valence-electron chi connectivity index (χ3n) is 7.94. The first kappa shape index (κ1) is 28.1. The number of hydrogen-bond acceptors (Lipinski definition) is 5. The van der Waals surface area contributed by atoms with Crippen LogP contribution in [0, 0.1) is 17.6 Å². The van der Waals surface area contributed by atoms with Gasteiger partial charge in [-0.2, -0.15) is 0 Å². The summed E-state index contributed by atoms with van der Waals surface area (Å²) in [4.78, 5) is 41.0. The molecule has 1 aromatic heterocycles. The molecule has 1 fully saturated rings. The van der Waals surface area contributed by atoms with Crippen LogP contribution < -0.4 is 25.8 Å². The van der Waals surface area contributed by atoms with Gasteiger partial charge in [0.25, 0.3) is 17.4 Å². The van der Waals surface area contributed by atoms with Crippen LogP contribution in [0.25, 0.3) is 0 Å². The smallest absolute Gasteiger partial charge is 0.261 e. The van der Waals surface area contributed by atoms with Crippen molar-refractivity contribution in [2.24, 2.45) is 5.92 Å². The average molecular weight is 585 g/mol. The van der Waals surface area contributed by atoms with E-state index < -0.39 is 29.0 Å². The largest absolute Gasteiger partial charge is 0.494 e. The second-order valence-corrected chi connectivity index (χ2v) is 10.8. The van der Waals surface area contributed by atoms with Crippen molar-refractivity contribution in [1.29, 1.82) is 0 Å². The van der Waals surface area contributed by atoms with Gasteiger partial charge in [0.05, 0.1) is 18.0 Å². The summed E-state index contributed by atoms with van der Waals surface area (Å²) in [5, 5.41) is 5.50. The molecule has 0 saturated carbocycles. The van der Waals surface area contributed by atoms with Gasteiger partial charge in [-0.3, -0.25) is 14.4 Å². The number of fused-ring (bicyclic) bond motifs is 4. The molecule has 2 bridgehead atoms. The van der Waals surface area contributed by atoms with E-state index in [2.05, 4.69) is 15.5 Å². The lowest BCUT2D eigenvalue weighted by atomic mass is 9.83. The molecule has 0 spiro atoms. The number of amides is 2. The first-order valence-electron chi connectivity index (χ1n) is 14.2. The molecule has 0 radical (unpaired) electrons. The van der Waals surface area contributed by atoms with Gasteiger partial charge in [-0.25, -0.2) is 8.78 Å². The molecule has 43 heavy (non-hydrogen) atoms. The number of nitrogens with one attached hydrogen (secondary N) is 2. The van der Waals surface area contributed by atoms with Crippen LogP contribution in [0.1, 0.15) is 45.7 Å². The van der Waals surface area contributed by atoms with Crippen LogP contribution in [-0.2, 0) is 6.54 Å². The predicted octanol–water partition coefficient (Wildman–Crippen LogP) is 5.65. The molecule has 10 heteroatoms. The highest BCUT2D eigenvalue weighted by molar-refractivity contribution is 6.09. The number of nitrogens with zero attached hydrogens (tertiary/aromatic N) is 2. The third-order valence-corrected chi connectivity index (χ3v) is 7.94. The van der Waals surface area contributed by atoms with Gasteiger partial charge in [0.15, 0.2) is 0 Å². The van der Waals surface area contributed by atoms with Crippen LogP contribution in [0.2, 0.25) is 0 Å². The number of rotatable bonds is 7. The molecular weight excluding hydrogens is 554 g/mol. The first-order chi connectivity index (χ1) is 20.8.